The zero-order chi connectivity index (χ0) is 27.1. The van der Waals surface area contributed by atoms with Crippen molar-refractivity contribution in [2.24, 2.45) is 0 Å². The largest absolute Gasteiger partial charge is 0.416 e. The Morgan fingerprint density at radius 3 is 2.27 bits per heavy atom. The molecule has 8 nitrogen and oxygen atoms in total. The highest BCUT2D eigenvalue weighted by Crippen LogP contribution is 2.29. The molecule has 37 heavy (non-hydrogen) atoms. The van der Waals surface area contributed by atoms with E-state index in [-0.39, 0.29) is 17.2 Å². The molecular weight excluding hydrogens is 523 g/mol. The molecule has 0 aliphatic carbocycles. The molecule has 0 bridgehead atoms. The van der Waals surface area contributed by atoms with Gasteiger partial charge in [0, 0.05) is 17.5 Å². The molecule has 0 fully saturated rings. The molecule has 0 amide bonds. The standard InChI is InChI=1S/C23H20ClF5N6O2/c1-13-5-3-4-6-16(13)35-20(22(2,25)26)30-18(31-35)12-34-21(37)33(11-17(36)23(27,28)29)19(32-34)14-7-9-15(24)10-8-14/h3-10,17,36H,11-12H2,1-2H3. The number of aliphatic hydroxyl groups is 1. The number of halogens is 6. The quantitative estimate of drug-likeness (QED) is 0.351. The highest BCUT2D eigenvalue weighted by molar-refractivity contribution is 6.30. The maximum absolute atomic E-state index is 14.4. The third kappa shape index (κ3) is 5.57. The second-order valence-electron chi connectivity index (χ2n) is 8.38. The van der Waals surface area contributed by atoms with Gasteiger partial charge in [-0.3, -0.25) is 4.57 Å². The number of nitrogens with zero attached hydrogens (tertiary/aromatic N) is 6. The number of aliphatic hydroxyl groups excluding tert-OH is 1. The molecule has 4 rings (SSSR count). The van der Waals surface area contributed by atoms with Crippen molar-refractivity contribution < 1.29 is 27.1 Å². The fraction of sp³-hybridized carbons (Fsp3) is 0.304. The summed E-state index contributed by atoms with van der Waals surface area (Å²) in [7, 11) is 0. The van der Waals surface area contributed by atoms with E-state index >= 15 is 0 Å². The SMILES string of the molecule is Cc1ccccc1-n1nc(Cn2nc(-c3ccc(Cl)cc3)n(CC(O)C(F)(F)F)c2=O)nc1C(C)(F)F. The Bertz CT molecular complexity index is 1470. The molecule has 2 aromatic heterocycles. The summed E-state index contributed by atoms with van der Waals surface area (Å²) in [5.74, 6) is -4.49. The van der Waals surface area contributed by atoms with Gasteiger partial charge in [0.1, 0.15) is 6.54 Å². The summed E-state index contributed by atoms with van der Waals surface area (Å²) in [6.07, 6.45) is -7.84. The minimum absolute atomic E-state index is 0.190. The van der Waals surface area contributed by atoms with Gasteiger partial charge in [-0.15, -0.1) is 10.2 Å². The van der Waals surface area contributed by atoms with Crippen molar-refractivity contribution >= 4 is 11.6 Å². The molecule has 0 saturated carbocycles. The van der Waals surface area contributed by atoms with Crippen LogP contribution in [0, 0.1) is 6.92 Å². The molecule has 0 spiro atoms. The highest BCUT2D eigenvalue weighted by Gasteiger charge is 2.39. The van der Waals surface area contributed by atoms with Crippen LogP contribution in [0.2, 0.25) is 5.02 Å². The van der Waals surface area contributed by atoms with Crippen molar-refractivity contribution in [3.63, 3.8) is 0 Å². The third-order valence-corrected chi connectivity index (χ3v) is 5.69. The van der Waals surface area contributed by atoms with Crippen LogP contribution in [-0.2, 0) is 19.0 Å². The number of rotatable bonds is 7. The third-order valence-electron chi connectivity index (χ3n) is 5.44. The van der Waals surface area contributed by atoms with Crippen molar-refractivity contribution in [2.45, 2.75) is 45.1 Å². The fourth-order valence-corrected chi connectivity index (χ4v) is 3.73. The van der Waals surface area contributed by atoms with Crippen LogP contribution in [0.5, 0.6) is 0 Å². The molecule has 14 heteroatoms. The number of aryl methyl sites for hydroxylation is 1. The van der Waals surface area contributed by atoms with E-state index in [2.05, 4.69) is 15.2 Å². The van der Waals surface area contributed by atoms with E-state index < -0.39 is 42.8 Å². The Labute approximate surface area is 211 Å². The molecule has 0 radical (unpaired) electrons. The summed E-state index contributed by atoms with van der Waals surface area (Å²) < 4.78 is 70.3. The lowest BCUT2D eigenvalue weighted by molar-refractivity contribution is -0.207. The average Bonchev–Trinajstić information content (AvgIpc) is 3.36. The maximum Gasteiger partial charge on any atom is 0.416 e. The molecule has 0 aliphatic rings. The monoisotopic (exact) mass is 542 g/mol. The number of hydrogen-bond acceptors (Lipinski definition) is 5. The van der Waals surface area contributed by atoms with Crippen molar-refractivity contribution in [3.05, 3.63) is 81.3 Å². The molecule has 196 valence electrons. The van der Waals surface area contributed by atoms with Crippen molar-refractivity contribution in [1.29, 1.82) is 0 Å². The van der Waals surface area contributed by atoms with Crippen molar-refractivity contribution in [2.75, 3.05) is 0 Å². The Morgan fingerprint density at radius 2 is 1.68 bits per heavy atom. The summed E-state index contributed by atoms with van der Waals surface area (Å²) in [6.45, 7) is 0.693. The van der Waals surface area contributed by atoms with E-state index in [1.54, 1.807) is 31.2 Å². The molecule has 0 saturated heterocycles. The van der Waals surface area contributed by atoms with Gasteiger partial charge in [0.25, 0.3) is 0 Å². The molecular formula is C23H20ClF5N6O2. The topological polar surface area (TPSA) is 90.8 Å². The molecule has 2 heterocycles. The van der Waals surface area contributed by atoms with E-state index in [9.17, 15) is 31.9 Å². The predicted molar refractivity (Wildman–Crippen MR) is 124 cm³/mol. The highest BCUT2D eigenvalue weighted by atomic mass is 35.5. The van der Waals surface area contributed by atoms with Crippen LogP contribution < -0.4 is 5.69 Å². The minimum Gasteiger partial charge on any atom is -0.382 e. The second kappa shape index (κ2) is 9.71. The molecule has 1 unspecified atom stereocenters. The first-order valence-electron chi connectivity index (χ1n) is 10.8. The predicted octanol–water partition coefficient (Wildman–Crippen LogP) is 4.34. The first kappa shape index (κ1) is 26.5. The van der Waals surface area contributed by atoms with Crippen molar-refractivity contribution in [1.82, 2.24) is 29.1 Å². The second-order valence-corrected chi connectivity index (χ2v) is 8.81. The Hall–Kier alpha value is -3.58. The van der Waals surface area contributed by atoms with E-state index in [0.29, 0.717) is 27.8 Å². The van der Waals surface area contributed by atoms with Crippen LogP contribution in [-0.4, -0.2) is 46.5 Å². The van der Waals surface area contributed by atoms with Gasteiger partial charge in [-0.25, -0.2) is 19.1 Å². The smallest absolute Gasteiger partial charge is 0.382 e. The number of benzene rings is 2. The zero-order valence-electron chi connectivity index (χ0n) is 19.4. The first-order chi connectivity index (χ1) is 17.3. The average molecular weight is 543 g/mol. The Kier molecular flexibility index (Phi) is 6.95. The number of hydrogen-bond donors (Lipinski definition) is 1. The summed E-state index contributed by atoms with van der Waals surface area (Å²) in [4.78, 5) is 17.0. The van der Waals surface area contributed by atoms with Gasteiger partial charge in [-0.2, -0.15) is 22.0 Å². The van der Waals surface area contributed by atoms with Gasteiger partial charge in [0.05, 0.1) is 12.2 Å². The van der Waals surface area contributed by atoms with Gasteiger partial charge >= 0.3 is 17.8 Å². The maximum atomic E-state index is 14.4. The fourth-order valence-electron chi connectivity index (χ4n) is 3.61. The van der Waals surface area contributed by atoms with Crippen LogP contribution in [0.25, 0.3) is 17.1 Å². The molecule has 1 N–H and O–H groups in total. The molecule has 1 atom stereocenters. The molecule has 4 aromatic rings. The lowest BCUT2D eigenvalue weighted by atomic mass is 10.2. The van der Waals surface area contributed by atoms with Gasteiger partial charge in [0.15, 0.2) is 17.8 Å². The van der Waals surface area contributed by atoms with Gasteiger partial charge < -0.3 is 5.11 Å². The summed E-state index contributed by atoms with van der Waals surface area (Å²) in [5.41, 5.74) is 0.196. The number of aromatic nitrogens is 6. The summed E-state index contributed by atoms with van der Waals surface area (Å²) in [5, 5.41) is 18.2. The lowest BCUT2D eigenvalue weighted by Gasteiger charge is -2.15. The minimum atomic E-state index is -4.99. The zero-order valence-corrected chi connectivity index (χ0v) is 20.2. The van der Waals surface area contributed by atoms with E-state index in [4.69, 9.17) is 11.6 Å². The molecule has 2 aromatic carbocycles. The van der Waals surface area contributed by atoms with Crippen LogP contribution in [0.15, 0.2) is 53.3 Å². The lowest BCUT2D eigenvalue weighted by Crippen LogP contribution is -2.37. The van der Waals surface area contributed by atoms with Gasteiger partial charge in [0.2, 0.25) is 5.82 Å². The van der Waals surface area contributed by atoms with E-state index in [1.165, 1.54) is 24.3 Å². The first-order valence-corrected chi connectivity index (χ1v) is 11.2. The van der Waals surface area contributed by atoms with E-state index in [1.807, 2.05) is 0 Å². The normalized spacial score (nSPS) is 13.2. The Morgan fingerprint density at radius 1 is 1.03 bits per heavy atom. The van der Waals surface area contributed by atoms with Crippen LogP contribution >= 0.6 is 11.6 Å². The number of alkyl halides is 5. The van der Waals surface area contributed by atoms with Crippen molar-refractivity contribution in [3.8, 4) is 17.1 Å². The number of para-hydroxylation sites is 1. The van der Waals surface area contributed by atoms with Gasteiger partial charge in [-0.1, -0.05) is 29.8 Å². The van der Waals surface area contributed by atoms with Gasteiger partial charge in [-0.05, 0) is 42.8 Å². The van der Waals surface area contributed by atoms with Crippen LogP contribution in [0.1, 0.15) is 24.1 Å². The summed E-state index contributed by atoms with van der Waals surface area (Å²) in [6, 6.07) is 12.4. The Balaban J connectivity index is 1.80. The molecule has 0 aliphatic heterocycles. The van der Waals surface area contributed by atoms with Crippen LogP contribution in [0.4, 0.5) is 22.0 Å². The van der Waals surface area contributed by atoms with E-state index in [0.717, 1.165) is 9.36 Å². The van der Waals surface area contributed by atoms with Crippen LogP contribution in [0.3, 0.4) is 0 Å². The summed E-state index contributed by atoms with van der Waals surface area (Å²) >= 11 is 5.88.